The molecule has 4 atom stereocenters. The lowest BCUT2D eigenvalue weighted by Crippen LogP contribution is -2.65. The molecule has 0 amide bonds. The largest absolute Gasteiger partial charge is 0.308 e. The zero-order valence-corrected chi connectivity index (χ0v) is 13.8. The Morgan fingerprint density at radius 3 is 2.60 bits per heavy atom. The fraction of sp³-hybridized carbons (Fsp3) is 1.00. The van der Waals surface area contributed by atoms with Crippen LogP contribution >= 0.6 is 0 Å². The van der Waals surface area contributed by atoms with Gasteiger partial charge in [0.15, 0.2) is 0 Å². The Morgan fingerprint density at radius 2 is 1.90 bits per heavy atom. The van der Waals surface area contributed by atoms with E-state index in [0.717, 1.165) is 23.9 Å². The molecule has 0 spiro atoms. The number of rotatable bonds is 3. The predicted molar refractivity (Wildman–Crippen MR) is 86.0 cm³/mol. The third-order valence-electron chi connectivity index (χ3n) is 6.37. The van der Waals surface area contributed by atoms with E-state index >= 15 is 0 Å². The summed E-state index contributed by atoms with van der Waals surface area (Å²) in [4.78, 5) is 2.92. The predicted octanol–water partition coefficient (Wildman–Crippen LogP) is 3.81. The topological polar surface area (TPSA) is 15.3 Å². The van der Waals surface area contributed by atoms with Gasteiger partial charge in [-0.05, 0) is 57.3 Å². The second-order valence-corrected chi connectivity index (χ2v) is 8.07. The summed E-state index contributed by atoms with van der Waals surface area (Å²) in [6, 6.07) is 1.64. The van der Waals surface area contributed by atoms with Gasteiger partial charge in [0, 0.05) is 30.7 Å². The average Bonchev–Trinajstić information content (AvgIpc) is 3.26. The van der Waals surface area contributed by atoms with E-state index in [0.29, 0.717) is 5.54 Å². The van der Waals surface area contributed by atoms with E-state index in [1.807, 2.05) is 0 Å². The molecule has 1 heterocycles. The van der Waals surface area contributed by atoms with E-state index in [2.05, 4.69) is 31.0 Å². The highest BCUT2D eigenvalue weighted by molar-refractivity contribution is 5.05. The summed E-state index contributed by atoms with van der Waals surface area (Å²) in [5, 5.41) is 3.91. The molecule has 116 valence electrons. The van der Waals surface area contributed by atoms with Crippen molar-refractivity contribution in [2.24, 2.45) is 11.8 Å². The Hall–Kier alpha value is -0.0800. The van der Waals surface area contributed by atoms with Gasteiger partial charge in [0.05, 0.1) is 0 Å². The van der Waals surface area contributed by atoms with Crippen molar-refractivity contribution >= 4 is 0 Å². The van der Waals surface area contributed by atoms with E-state index in [1.165, 1.54) is 64.5 Å². The van der Waals surface area contributed by atoms with Crippen LogP contribution in [-0.2, 0) is 0 Å². The van der Waals surface area contributed by atoms with Crippen LogP contribution in [0.25, 0.3) is 0 Å². The van der Waals surface area contributed by atoms with E-state index in [-0.39, 0.29) is 0 Å². The molecule has 3 aliphatic rings. The molecule has 1 N–H and O–H groups in total. The van der Waals surface area contributed by atoms with Gasteiger partial charge in [0.2, 0.25) is 0 Å². The van der Waals surface area contributed by atoms with Crippen molar-refractivity contribution in [3.63, 3.8) is 0 Å². The fourth-order valence-corrected chi connectivity index (χ4v) is 4.63. The Labute approximate surface area is 125 Å². The second kappa shape index (κ2) is 5.96. The molecule has 0 aromatic heterocycles. The molecule has 3 fully saturated rings. The van der Waals surface area contributed by atoms with Crippen LogP contribution in [0.1, 0.15) is 72.1 Å². The number of piperazine rings is 1. The van der Waals surface area contributed by atoms with Crippen LogP contribution in [0.4, 0.5) is 0 Å². The monoisotopic (exact) mass is 278 g/mol. The quantitative estimate of drug-likeness (QED) is 0.790. The van der Waals surface area contributed by atoms with Crippen LogP contribution in [0.15, 0.2) is 0 Å². The molecular formula is C18H34N2. The van der Waals surface area contributed by atoms with Gasteiger partial charge < -0.3 is 5.32 Å². The maximum absolute atomic E-state index is 3.91. The lowest BCUT2D eigenvalue weighted by Gasteiger charge is -2.49. The van der Waals surface area contributed by atoms with Crippen molar-refractivity contribution in [3.8, 4) is 0 Å². The van der Waals surface area contributed by atoms with Crippen LogP contribution in [0.2, 0.25) is 0 Å². The Balaban J connectivity index is 1.69. The van der Waals surface area contributed by atoms with Crippen molar-refractivity contribution in [2.45, 2.75) is 89.8 Å². The molecular weight excluding hydrogens is 244 g/mol. The lowest BCUT2D eigenvalue weighted by molar-refractivity contribution is 0.0306. The van der Waals surface area contributed by atoms with Crippen molar-refractivity contribution in [3.05, 3.63) is 0 Å². The van der Waals surface area contributed by atoms with Crippen LogP contribution in [0.5, 0.6) is 0 Å². The van der Waals surface area contributed by atoms with Crippen LogP contribution in [-0.4, -0.2) is 35.6 Å². The molecule has 0 bridgehead atoms. The van der Waals surface area contributed by atoms with Crippen molar-refractivity contribution in [1.82, 2.24) is 10.2 Å². The summed E-state index contributed by atoms with van der Waals surface area (Å²) >= 11 is 0. The first-order valence-corrected chi connectivity index (χ1v) is 9.13. The third kappa shape index (κ3) is 3.06. The molecule has 4 unspecified atom stereocenters. The smallest absolute Gasteiger partial charge is 0.0309 e. The molecule has 0 aromatic carbocycles. The molecule has 1 aliphatic heterocycles. The minimum atomic E-state index is 0.406. The SMILES string of the molecule is CCC1CNC(C)(C2CC2)CN1C1CCCC(C)CC1. The summed E-state index contributed by atoms with van der Waals surface area (Å²) in [5.41, 5.74) is 0.406. The van der Waals surface area contributed by atoms with Crippen molar-refractivity contribution in [1.29, 1.82) is 0 Å². The molecule has 2 heteroatoms. The van der Waals surface area contributed by atoms with Crippen LogP contribution < -0.4 is 5.32 Å². The highest BCUT2D eigenvalue weighted by atomic mass is 15.3. The molecule has 20 heavy (non-hydrogen) atoms. The van der Waals surface area contributed by atoms with E-state index in [4.69, 9.17) is 0 Å². The molecule has 2 aliphatic carbocycles. The Morgan fingerprint density at radius 1 is 1.10 bits per heavy atom. The summed E-state index contributed by atoms with van der Waals surface area (Å²) in [6.45, 7) is 9.83. The minimum Gasteiger partial charge on any atom is -0.308 e. The molecule has 2 nitrogen and oxygen atoms in total. The van der Waals surface area contributed by atoms with Gasteiger partial charge in [-0.2, -0.15) is 0 Å². The first kappa shape index (κ1) is 14.8. The van der Waals surface area contributed by atoms with Gasteiger partial charge in [0.1, 0.15) is 0 Å². The number of hydrogen-bond acceptors (Lipinski definition) is 2. The van der Waals surface area contributed by atoms with Crippen LogP contribution in [0.3, 0.4) is 0 Å². The average molecular weight is 278 g/mol. The summed E-state index contributed by atoms with van der Waals surface area (Å²) in [5.74, 6) is 1.91. The van der Waals surface area contributed by atoms with Gasteiger partial charge in [0.25, 0.3) is 0 Å². The highest BCUT2D eigenvalue weighted by Gasteiger charge is 2.46. The molecule has 0 aromatic rings. The first-order valence-electron chi connectivity index (χ1n) is 9.13. The van der Waals surface area contributed by atoms with Gasteiger partial charge in [-0.1, -0.05) is 26.7 Å². The first-order chi connectivity index (χ1) is 9.62. The number of hydrogen-bond donors (Lipinski definition) is 1. The van der Waals surface area contributed by atoms with E-state index in [9.17, 15) is 0 Å². The van der Waals surface area contributed by atoms with Crippen molar-refractivity contribution < 1.29 is 0 Å². The molecule has 1 saturated heterocycles. The maximum atomic E-state index is 3.91. The van der Waals surface area contributed by atoms with Gasteiger partial charge in [-0.25, -0.2) is 0 Å². The van der Waals surface area contributed by atoms with Gasteiger partial charge in [-0.3, -0.25) is 4.90 Å². The summed E-state index contributed by atoms with van der Waals surface area (Å²) < 4.78 is 0. The fourth-order valence-electron chi connectivity index (χ4n) is 4.63. The maximum Gasteiger partial charge on any atom is 0.0309 e. The van der Waals surface area contributed by atoms with Crippen molar-refractivity contribution in [2.75, 3.05) is 13.1 Å². The summed E-state index contributed by atoms with van der Waals surface area (Å²) in [7, 11) is 0. The zero-order chi connectivity index (χ0) is 14.2. The minimum absolute atomic E-state index is 0.406. The second-order valence-electron chi connectivity index (χ2n) is 8.07. The lowest BCUT2D eigenvalue weighted by atomic mass is 9.88. The number of nitrogens with one attached hydrogen (secondary N) is 1. The standard InChI is InChI=1S/C18H34N2/c1-4-16-12-19-18(3,15-9-10-15)13-20(16)17-7-5-6-14(2)8-11-17/h14-17,19H,4-13H2,1-3H3. The normalized spacial score (nSPS) is 44.2. The number of nitrogens with zero attached hydrogens (tertiary/aromatic N) is 1. The van der Waals surface area contributed by atoms with E-state index in [1.54, 1.807) is 0 Å². The van der Waals surface area contributed by atoms with Gasteiger partial charge >= 0.3 is 0 Å². The van der Waals surface area contributed by atoms with Gasteiger partial charge in [-0.15, -0.1) is 0 Å². The summed E-state index contributed by atoms with van der Waals surface area (Å²) in [6.07, 6.45) is 11.5. The van der Waals surface area contributed by atoms with E-state index < -0.39 is 0 Å². The molecule has 2 saturated carbocycles. The zero-order valence-electron chi connectivity index (χ0n) is 13.8. The highest BCUT2D eigenvalue weighted by Crippen LogP contribution is 2.42. The third-order valence-corrected chi connectivity index (χ3v) is 6.37. The Bertz CT molecular complexity index is 325. The Kier molecular flexibility index (Phi) is 4.42. The molecule has 3 rings (SSSR count). The molecule has 0 radical (unpaired) electrons. The van der Waals surface area contributed by atoms with Crippen LogP contribution in [0, 0.1) is 11.8 Å².